The Labute approximate surface area is 144 Å². The number of carbonyl (C=O) groups excluding carboxylic acids is 3. The maximum Gasteiger partial charge on any atom is 0.330 e. The summed E-state index contributed by atoms with van der Waals surface area (Å²) in [5, 5.41) is 14.4. The van der Waals surface area contributed by atoms with Crippen molar-refractivity contribution in [1.82, 2.24) is 15.5 Å². The normalized spacial score (nSPS) is 19.8. The van der Waals surface area contributed by atoms with Gasteiger partial charge in [-0.05, 0) is 18.4 Å². The Morgan fingerprint density at radius 3 is 2.44 bits per heavy atom. The lowest BCUT2D eigenvalue weighted by Crippen LogP contribution is -2.46. The molecule has 132 valence electrons. The molecule has 1 aromatic rings. The van der Waals surface area contributed by atoms with Crippen molar-refractivity contribution in [2.24, 2.45) is 0 Å². The van der Waals surface area contributed by atoms with E-state index >= 15 is 0 Å². The average Bonchev–Trinajstić information content (AvgIpc) is 3.14. The average molecular weight is 345 g/mol. The number of benzene rings is 1. The molecule has 1 heterocycles. The van der Waals surface area contributed by atoms with Crippen molar-refractivity contribution in [3.05, 3.63) is 35.9 Å². The van der Waals surface area contributed by atoms with Gasteiger partial charge in [0.25, 0.3) is 5.91 Å². The summed E-state index contributed by atoms with van der Waals surface area (Å²) in [4.78, 5) is 49.1. The van der Waals surface area contributed by atoms with Gasteiger partial charge in [-0.1, -0.05) is 43.2 Å². The summed E-state index contributed by atoms with van der Waals surface area (Å²) in [6.45, 7) is -0.497. The fraction of sp³-hybridized carbons (Fsp3) is 0.412. The van der Waals surface area contributed by atoms with E-state index < -0.39 is 41.9 Å². The number of nitrogens with zero attached hydrogens (tertiary/aromatic N) is 1. The Bertz CT molecular complexity index is 712. The molecular weight excluding hydrogens is 326 g/mol. The summed E-state index contributed by atoms with van der Waals surface area (Å²) < 4.78 is 0. The van der Waals surface area contributed by atoms with Gasteiger partial charge in [0, 0.05) is 0 Å². The highest BCUT2D eigenvalue weighted by Gasteiger charge is 2.52. The first-order chi connectivity index (χ1) is 11.9. The zero-order valence-electron chi connectivity index (χ0n) is 13.5. The molecule has 1 spiro atoms. The van der Waals surface area contributed by atoms with Gasteiger partial charge in [-0.3, -0.25) is 14.5 Å². The summed E-state index contributed by atoms with van der Waals surface area (Å²) in [6.07, 6.45) is 2.83. The SMILES string of the molecule is O=C(CN1C(=O)NC2(CCCC2)C1=O)N[C@@H](C(=O)O)c1ccccc1. The van der Waals surface area contributed by atoms with Gasteiger partial charge in [-0.15, -0.1) is 0 Å². The fourth-order valence-electron chi connectivity index (χ4n) is 3.42. The first kappa shape index (κ1) is 16.9. The molecule has 8 nitrogen and oxygen atoms in total. The molecule has 3 N–H and O–H groups in total. The number of nitrogens with one attached hydrogen (secondary N) is 2. The molecule has 2 fully saturated rings. The minimum absolute atomic E-state index is 0.406. The van der Waals surface area contributed by atoms with Crippen LogP contribution >= 0.6 is 0 Å². The molecule has 1 aliphatic heterocycles. The van der Waals surface area contributed by atoms with Gasteiger partial charge in [0.2, 0.25) is 5.91 Å². The van der Waals surface area contributed by atoms with Crippen LogP contribution < -0.4 is 10.6 Å². The molecule has 0 radical (unpaired) electrons. The minimum Gasteiger partial charge on any atom is -0.479 e. The van der Waals surface area contributed by atoms with Crippen molar-refractivity contribution in [2.45, 2.75) is 37.3 Å². The molecule has 1 atom stereocenters. The van der Waals surface area contributed by atoms with Crippen LogP contribution in [0, 0.1) is 0 Å². The second-order valence-electron chi connectivity index (χ2n) is 6.36. The summed E-state index contributed by atoms with van der Waals surface area (Å²) in [5.74, 6) is -2.32. The van der Waals surface area contributed by atoms with E-state index in [2.05, 4.69) is 10.6 Å². The Morgan fingerprint density at radius 2 is 1.84 bits per heavy atom. The largest absolute Gasteiger partial charge is 0.479 e. The molecule has 8 heteroatoms. The van der Waals surface area contributed by atoms with E-state index in [4.69, 9.17) is 0 Å². The third-order valence-corrected chi connectivity index (χ3v) is 4.69. The van der Waals surface area contributed by atoms with Crippen LogP contribution in [0.1, 0.15) is 37.3 Å². The standard InChI is InChI=1S/C17H19N3O5/c21-12(18-13(14(22)23)11-6-2-1-3-7-11)10-20-15(24)17(19-16(20)25)8-4-5-9-17/h1-3,6-7,13H,4-5,8-10H2,(H,18,21)(H,19,25)(H,22,23)/t13-/m1/s1. The van der Waals surface area contributed by atoms with Gasteiger partial charge in [0.15, 0.2) is 6.04 Å². The van der Waals surface area contributed by atoms with Crippen molar-refractivity contribution in [3.8, 4) is 0 Å². The highest BCUT2D eigenvalue weighted by molar-refractivity contribution is 6.09. The molecule has 1 saturated carbocycles. The molecule has 2 aliphatic rings. The first-order valence-electron chi connectivity index (χ1n) is 8.14. The maximum absolute atomic E-state index is 12.5. The number of urea groups is 1. The zero-order valence-corrected chi connectivity index (χ0v) is 13.5. The van der Waals surface area contributed by atoms with Crippen LogP contribution in [-0.4, -0.2) is 45.9 Å². The zero-order chi connectivity index (χ0) is 18.0. The monoisotopic (exact) mass is 345 g/mol. The number of hydrogen-bond donors (Lipinski definition) is 3. The first-order valence-corrected chi connectivity index (χ1v) is 8.14. The third kappa shape index (κ3) is 3.19. The lowest BCUT2D eigenvalue weighted by molar-refractivity contribution is -0.142. The van der Waals surface area contributed by atoms with E-state index in [-0.39, 0.29) is 0 Å². The van der Waals surface area contributed by atoms with Crippen molar-refractivity contribution < 1.29 is 24.3 Å². The predicted molar refractivity (Wildman–Crippen MR) is 86.4 cm³/mol. The van der Waals surface area contributed by atoms with Gasteiger partial charge in [-0.2, -0.15) is 0 Å². The van der Waals surface area contributed by atoms with Crippen LogP contribution in [0.2, 0.25) is 0 Å². The lowest BCUT2D eigenvalue weighted by atomic mass is 9.98. The van der Waals surface area contributed by atoms with E-state index in [1.165, 1.54) is 0 Å². The summed E-state index contributed by atoms with van der Waals surface area (Å²) in [5.41, 5.74) is -0.476. The van der Waals surface area contributed by atoms with E-state index in [0.717, 1.165) is 17.7 Å². The summed E-state index contributed by atoms with van der Waals surface area (Å²) in [6, 6.07) is 6.39. The Morgan fingerprint density at radius 1 is 1.20 bits per heavy atom. The smallest absolute Gasteiger partial charge is 0.330 e. The summed E-state index contributed by atoms with van der Waals surface area (Å²) >= 11 is 0. The number of amides is 4. The Balaban J connectivity index is 1.68. The number of carbonyl (C=O) groups is 4. The number of carboxylic acids is 1. The number of hydrogen-bond acceptors (Lipinski definition) is 4. The minimum atomic E-state index is -1.24. The predicted octanol–water partition coefficient (Wildman–Crippen LogP) is 0.793. The van der Waals surface area contributed by atoms with Gasteiger partial charge >= 0.3 is 12.0 Å². The van der Waals surface area contributed by atoms with Crippen molar-refractivity contribution in [1.29, 1.82) is 0 Å². The van der Waals surface area contributed by atoms with Crippen LogP contribution in [0.4, 0.5) is 4.79 Å². The van der Waals surface area contributed by atoms with Crippen LogP contribution in [0.25, 0.3) is 0 Å². The van der Waals surface area contributed by atoms with Crippen molar-refractivity contribution in [2.75, 3.05) is 6.54 Å². The maximum atomic E-state index is 12.5. The molecule has 0 aromatic heterocycles. The molecule has 1 aliphatic carbocycles. The van der Waals surface area contributed by atoms with Gasteiger partial charge in [-0.25, -0.2) is 9.59 Å². The van der Waals surface area contributed by atoms with Crippen LogP contribution in [0.3, 0.4) is 0 Å². The number of imide groups is 1. The van der Waals surface area contributed by atoms with E-state index in [9.17, 15) is 24.3 Å². The Hall–Kier alpha value is -2.90. The molecule has 1 aromatic carbocycles. The van der Waals surface area contributed by atoms with E-state index in [0.29, 0.717) is 18.4 Å². The molecule has 25 heavy (non-hydrogen) atoms. The highest BCUT2D eigenvalue weighted by Crippen LogP contribution is 2.34. The second kappa shape index (κ2) is 6.54. The quantitative estimate of drug-likeness (QED) is 0.683. The molecule has 0 bridgehead atoms. The van der Waals surface area contributed by atoms with E-state index in [1.807, 2.05) is 0 Å². The molecule has 4 amide bonds. The van der Waals surface area contributed by atoms with Crippen LogP contribution in [0.15, 0.2) is 30.3 Å². The lowest BCUT2D eigenvalue weighted by Gasteiger charge is -2.20. The van der Waals surface area contributed by atoms with E-state index in [1.54, 1.807) is 30.3 Å². The molecule has 3 rings (SSSR count). The molecule has 0 unspecified atom stereocenters. The topological polar surface area (TPSA) is 116 Å². The Kier molecular flexibility index (Phi) is 4.43. The number of aliphatic carboxylic acids is 1. The van der Waals surface area contributed by atoms with Gasteiger partial charge in [0.1, 0.15) is 12.1 Å². The van der Waals surface area contributed by atoms with Crippen LogP contribution in [-0.2, 0) is 14.4 Å². The van der Waals surface area contributed by atoms with Crippen LogP contribution in [0.5, 0.6) is 0 Å². The van der Waals surface area contributed by atoms with Gasteiger partial charge in [0.05, 0.1) is 0 Å². The van der Waals surface area contributed by atoms with Gasteiger partial charge < -0.3 is 15.7 Å². The summed E-state index contributed by atoms with van der Waals surface area (Å²) in [7, 11) is 0. The van der Waals surface area contributed by atoms with Crippen molar-refractivity contribution in [3.63, 3.8) is 0 Å². The number of rotatable bonds is 5. The number of carboxylic acid groups (broad SMARTS) is 1. The van der Waals surface area contributed by atoms with Crippen molar-refractivity contribution >= 4 is 23.8 Å². The fourth-order valence-corrected chi connectivity index (χ4v) is 3.42. The highest BCUT2D eigenvalue weighted by atomic mass is 16.4. The second-order valence-corrected chi connectivity index (χ2v) is 6.36. The third-order valence-electron chi connectivity index (χ3n) is 4.69. The molecular formula is C17H19N3O5. The molecule has 1 saturated heterocycles.